The Kier molecular flexibility index (Phi) is 6.10. The molecule has 0 rings (SSSR count). The SMILES string of the molecule is C=CC(O[SiH3])[SiH2][SiH2][SiH3]. The molecular formula is C3H14OSi4. The lowest BCUT2D eigenvalue weighted by Gasteiger charge is -2.06. The van der Waals surface area contributed by atoms with Gasteiger partial charge < -0.3 is 4.43 Å². The molecule has 1 unspecified atom stereocenters. The van der Waals surface area contributed by atoms with E-state index in [1.54, 1.807) is 0 Å². The average Bonchev–Trinajstić information content (AvgIpc) is 1.83. The summed E-state index contributed by atoms with van der Waals surface area (Å²) in [6.07, 6.45) is 1.99. The van der Waals surface area contributed by atoms with E-state index < -0.39 is 0 Å². The first-order valence-corrected chi connectivity index (χ1v) is 14.3. The van der Waals surface area contributed by atoms with Gasteiger partial charge in [0.05, 0.1) is 0 Å². The van der Waals surface area contributed by atoms with Crippen molar-refractivity contribution < 1.29 is 4.43 Å². The molecule has 0 amide bonds. The Balaban J connectivity index is 3.21. The number of rotatable bonds is 4. The Labute approximate surface area is 61.1 Å². The zero-order chi connectivity index (χ0) is 6.41. The van der Waals surface area contributed by atoms with Crippen molar-refractivity contribution in [2.45, 2.75) is 5.73 Å². The molecule has 0 fully saturated rings. The van der Waals surface area contributed by atoms with Crippen molar-refractivity contribution in [3.05, 3.63) is 12.7 Å². The molecule has 0 bridgehead atoms. The fourth-order valence-corrected chi connectivity index (χ4v) is 12.2. The molecule has 0 spiro atoms. The summed E-state index contributed by atoms with van der Waals surface area (Å²) in [6.45, 7) is 3.72. The van der Waals surface area contributed by atoms with Crippen LogP contribution in [-0.2, 0) is 4.43 Å². The molecule has 0 saturated carbocycles. The molecule has 1 atom stereocenters. The van der Waals surface area contributed by atoms with Crippen molar-refractivity contribution >= 4 is 37.8 Å². The van der Waals surface area contributed by atoms with E-state index in [0.29, 0.717) is 14.3 Å². The van der Waals surface area contributed by atoms with Crippen LogP contribution in [0.25, 0.3) is 0 Å². The smallest absolute Gasteiger partial charge is 0.146 e. The van der Waals surface area contributed by atoms with Gasteiger partial charge >= 0.3 is 0 Å². The molecule has 0 aromatic heterocycles. The highest BCUT2D eigenvalue weighted by Gasteiger charge is 1.96. The minimum absolute atomic E-state index is 0.231. The quantitative estimate of drug-likeness (QED) is 0.318. The highest BCUT2D eigenvalue weighted by molar-refractivity contribution is 7.24. The largest absolute Gasteiger partial charge is 0.425 e. The zero-order valence-corrected chi connectivity index (χ0v) is 12.5. The molecule has 0 aromatic carbocycles. The highest BCUT2D eigenvalue weighted by Crippen LogP contribution is 1.83. The summed E-state index contributed by atoms with van der Waals surface area (Å²) in [5.41, 5.74) is 0.561. The first-order valence-electron chi connectivity index (χ1n) is 3.00. The van der Waals surface area contributed by atoms with Gasteiger partial charge in [-0.15, -0.1) is 6.58 Å². The maximum atomic E-state index is 5.28. The minimum atomic E-state index is 0.231. The highest BCUT2D eigenvalue weighted by atomic mass is 29.5. The van der Waals surface area contributed by atoms with Gasteiger partial charge in [0.1, 0.15) is 10.5 Å². The first kappa shape index (κ1) is 8.57. The van der Waals surface area contributed by atoms with Crippen LogP contribution in [0.15, 0.2) is 12.7 Å². The standard InChI is InChI=1S/C3H14OSi4/c1-2-3(4-5)7-8-6/h2-3H,1,7-8H2,5-6H3. The number of hydrogen-bond donors (Lipinski definition) is 0. The van der Waals surface area contributed by atoms with Crippen molar-refractivity contribution in [3.63, 3.8) is 0 Å². The third kappa shape index (κ3) is 3.55. The second-order valence-corrected chi connectivity index (χ2v) is 18.4. The lowest BCUT2D eigenvalue weighted by molar-refractivity contribution is 0.359. The predicted octanol–water partition coefficient (Wildman–Crippen LogP) is -3.67. The molecule has 0 aromatic rings. The van der Waals surface area contributed by atoms with E-state index in [2.05, 4.69) is 6.58 Å². The lowest BCUT2D eigenvalue weighted by atomic mass is 10.7. The molecule has 0 aliphatic carbocycles. The summed E-state index contributed by atoms with van der Waals surface area (Å²) in [7, 11) is 3.06. The Bertz CT molecular complexity index is 66.3. The van der Waals surface area contributed by atoms with Crippen LogP contribution in [0.4, 0.5) is 0 Å². The Morgan fingerprint density at radius 2 is 2.38 bits per heavy atom. The molecule has 0 aliphatic heterocycles. The zero-order valence-electron chi connectivity index (χ0n) is 5.68. The van der Waals surface area contributed by atoms with Gasteiger partial charge in [-0.1, -0.05) is 6.08 Å². The van der Waals surface area contributed by atoms with Gasteiger partial charge in [-0.3, -0.25) is 0 Å². The van der Waals surface area contributed by atoms with E-state index in [1.165, 1.54) is 9.76 Å². The van der Waals surface area contributed by atoms with Crippen LogP contribution in [0.1, 0.15) is 0 Å². The van der Waals surface area contributed by atoms with E-state index >= 15 is 0 Å². The van der Waals surface area contributed by atoms with Crippen molar-refractivity contribution in [1.82, 2.24) is 0 Å². The van der Waals surface area contributed by atoms with E-state index in [9.17, 15) is 0 Å². The fourth-order valence-electron chi connectivity index (χ4n) is 0.616. The van der Waals surface area contributed by atoms with Gasteiger partial charge in [0.15, 0.2) is 0 Å². The number of hydrogen-bond acceptors (Lipinski definition) is 1. The van der Waals surface area contributed by atoms with Crippen molar-refractivity contribution in [2.24, 2.45) is 0 Å². The van der Waals surface area contributed by atoms with Crippen LogP contribution in [0, 0.1) is 0 Å². The second-order valence-electron chi connectivity index (χ2n) is 1.80. The molecule has 0 saturated heterocycles. The monoisotopic (exact) mass is 178 g/mol. The normalized spacial score (nSPS) is 17.0. The van der Waals surface area contributed by atoms with E-state index in [-0.39, 0.29) is 9.04 Å². The summed E-state index contributed by atoms with van der Waals surface area (Å²) >= 11 is 0. The molecule has 0 aliphatic rings. The molecular weight excluding hydrogens is 164 g/mol. The van der Waals surface area contributed by atoms with Gasteiger partial charge in [-0.25, -0.2) is 0 Å². The topological polar surface area (TPSA) is 9.23 Å². The molecule has 0 heterocycles. The predicted molar refractivity (Wildman–Crippen MR) is 52.0 cm³/mol. The summed E-state index contributed by atoms with van der Waals surface area (Å²) < 4.78 is 5.28. The van der Waals surface area contributed by atoms with Crippen molar-refractivity contribution in [2.75, 3.05) is 0 Å². The van der Waals surface area contributed by atoms with Crippen LogP contribution < -0.4 is 0 Å². The molecule has 5 heteroatoms. The Morgan fingerprint density at radius 1 is 1.75 bits per heavy atom. The van der Waals surface area contributed by atoms with Crippen LogP contribution in [-0.4, -0.2) is 43.6 Å². The second kappa shape index (κ2) is 5.70. The summed E-state index contributed by atoms with van der Waals surface area (Å²) in [6, 6.07) is 0. The molecule has 48 valence electrons. The minimum Gasteiger partial charge on any atom is -0.425 e. The van der Waals surface area contributed by atoms with Crippen molar-refractivity contribution in [1.29, 1.82) is 0 Å². The fraction of sp³-hybridized carbons (Fsp3) is 0.333. The Hall–Kier alpha value is 0.568. The Morgan fingerprint density at radius 3 is 2.50 bits per heavy atom. The average molecular weight is 178 g/mol. The summed E-state index contributed by atoms with van der Waals surface area (Å²) in [5, 5.41) is 0. The maximum Gasteiger partial charge on any atom is 0.146 e. The molecule has 0 radical (unpaired) electrons. The maximum absolute atomic E-state index is 5.28. The third-order valence-corrected chi connectivity index (χ3v) is 12.9. The van der Waals surface area contributed by atoms with Crippen LogP contribution in [0.3, 0.4) is 0 Å². The van der Waals surface area contributed by atoms with E-state index in [0.717, 1.165) is 10.5 Å². The van der Waals surface area contributed by atoms with Crippen molar-refractivity contribution in [3.8, 4) is 0 Å². The van der Waals surface area contributed by atoms with Gasteiger partial charge in [-0.05, 0) is 18.3 Å². The van der Waals surface area contributed by atoms with E-state index in [1.807, 2.05) is 6.08 Å². The van der Waals surface area contributed by atoms with Gasteiger partial charge in [0.25, 0.3) is 0 Å². The summed E-state index contributed by atoms with van der Waals surface area (Å²) in [4.78, 5) is 0. The first-order chi connectivity index (χ1) is 3.85. The van der Waals surface area contributed by atoms with Crippen LogP contribution in [0.2, 0.25) is 0 Å². The molecule has 8 heavy (non-hydrogen) atoms. The summed E-state index contributed by atoms with van der Waals surface area (Å²) in [5.74, 6) is 0. The third-order valence-electron chi connectivity index (χ3n) is 1.14. The van der Waals surface area contributed by atoms with Crippen LogP contribution in [0.5, 0.6) is 0 Å². The van der Waals surface area contributed by atoms with Gasteiger partial charge in [0, 0.05) is 14.8 Å². The van der Waals surface area contributed by atoms with Crippen LogP contribution >= 0.6 is 0 Å². The lowest BCUT2D eigenvalue weighted by Crippen LogP contribution is -2.22. The van der Waals surface area contributed by atoms with Gasteiger partial charge in [0.2, 0.25) is 0 Å². The van der Waals surface area contributed by atoms with Gasteiger partial charge in [-0.2, -0.15) is 0 Å². The molecule has 0 N–H and O–H groups in total. The van der Waals surface area contributed by atoms with E-state index in [4.69, 9.17) is 4.43 Å². The molecule has 1 nitrogen and oxygen atoms in total.